The summed E-state index contributed by atoms with van der Waals surface area (Å²) in [6.07, 6.45) is -0.531. The summed E-state index contributed by atoms with van der Waals surface area (Å²) in [5.74, 6) is -1.76. The van der Waals surface area contributed by atoms with Crippen LogP contribution in [0.2, 0.25) is 19.1 Å². The summed E-state index contributed by atoms with van der Waals surface area (Å²) < 4.78 is 5.02. The highest BCUT2D eigenvalue weighted by Gasteiger charge is 2.25. The lowest BCUT2D eigenvalue weighted by atomic mass is 10.5. The van der Waals surface area contributed by atoms with E-state index >= 15 is 0 Å². The molecule has 0 amide bonds. The number of carboxylic acid groups (broad SMARTS) is 1. The topological polar surface area (TPSA) is 63.6 Å². The van der Waals surface area contributed by atoms with Gasteiger partial charge in [0.25, 0.3) is 0 Å². The highest BCUT2D eigenvalue weighted by molar-refractivity contribution is 6.72. The van der Waals surface area contributed by atoms with E-state index < -0.39 is 26.7 Å². The van der Waals surface area contributed by atoms with Gasteiger partial charge in [-0.15, -0.1) is 0 Å². The summed E-state index contributed by atoms with van der Waals surface area (Å²) >= 11 is 0. The quantitative estimate of drug-likeness (QED) is 0.535. The molecule has 70 valence electrons. The van der Waals surface area contributed by atoms with E-state index in [1.165, 1.54) is 0 Å². The lowest BCUT2D eigenvalue weighted by Crippen LogP contribution is -2.32. The Kier molecular flexibility index (Phi) is 3.95. The van der Waals surface area contributed by atoms with Gasteiger partial charge in [-0.2, -0.15) is 0 Å². The third kappa shape index (κ3) is 4.89. The van der Waals surface area contributed by atoms with Crippen LogP contribution >= 0.6 is 0 Å². The molecule has 5 heteroatoms. The van der Waals surface area contributed by atoms with Gasteiger partial charge < -0.3 is 9.53 Å². The second-order valence-corrected chi connectivity index (χ2v) is 7.59. The standard InChI is InChI=1S/C7H14O4Si/c1-4-12(2,3)11-7(10)5-6(8)9/h4-5H2,1-3H3,(H,8,9). The molecule has 0 bridgehead atoms. The maximum atomic E-state index is 10.9. The Bertz CT molecular complexity index is 188. The number of carbonyl (C=O) groups is 2. The number of aliphatic carboxylic acids is 1. The Hall–Kier alpha value is -0.843. The summed E-state index contributed by atoms with van der Waals surface area (Å²) in [6.45, 7) is 5.69. The maximum Gasteiger partial charge on any atom is 0.314 e. The zero-order chi connectivity index (χ0) is 9.78. The molecule has 0 aromatic carbocycles. The van der Waals surface area contributed by atoms with E-state index in [0.29, 0.717) is 0 Å². The SMILES string of the molecule is CC[Si](C)(C)OC(=O)CC(=O)O. The molecule has 0 aromatic rings. The van der Waals surface area contributed by atoms with Gasteiger partial charge in [0.2, 0.25) is 8.32 Å². The van der Waals surface area contributed by atoms with E-state index in [-0.39, 0.29) is 0 Å². The van der Waals surface area contributed by atoms with Gasteiger partial charge in [0.15, 0.2) is 0 Å². The average Bonchev–Trinajstić information content (AvgIpc) is 1.84. The molecule has 0 aliphatic carbocycles. The molecule has 0 aliphatic heterocycles. The van der Waals surface area contributed by atoms with Gasteiger partial charge in [0.1, 0.15) is 6.42 Å². The lowest BCUT2D eigenvalue weighted by Gasteiger charge is -2.19. The summed E-state index contributed by atoms with van der Waals surface area (Å²) in [5.41, 5.74) is 0. The van der Waals surface area contributed by atoms with Crippen molar-refractivity contribution in [2.24, 2.45) is 0 Å². The number of hydrogen-bond acceptors (Lipinski definition) is 3. The van der Waals surface area contributed by atoms with Crippen LogP contribution in [0.15, 0.2) is 0 Å². The third-order valence-electron chi connectivity index (χ3n) is 1.54. The van der Waals surface area contributed by atoms with E-state index in [4.69, 9.17) is 9.53 Å². The maximum absolute atomic E-state index is 10.9. The van der Waals surface area contributed by atoms with Crippen molar-refractivity contribution in [2.75, 3.05) is 0 Å². The number of hydrogen-bond donors (Lipinski definition) is 1. The Labute approximate surface area is 72.7 Å². The molecule has 0 fully saturated rings. The highest BCUT2D eigenvalue weighted by Crippen LogP contribution is 2.10. The largest absolute Gasteiger partial charge is 0.519 e. The molecule has 0 spiro atoms. The molecule has 4 nitrogen and oxygen atoms in total. The van der Waals surface area contributed by atoms with Crippen molar-refractivity contribution in [2.45, 2.75) is 32.5 Å². The molecule has 0 rings (SSSR count). The van der Waals surface area contributed by atoms with Gasteiger partial charge in [-0.05, 0) is 19.1 Å². The Morgan fingerprint density at radius 3 is 2.25 bits per heavy atom. The minimum Gasteiger partial charge on any atom is -0.519 e. The van der Waals surface area contributed by atoms with Gasteiger partial charge in [-0.1, -0.05) is 6.92 Å². The van der Waals surface area contributed by atoms with Gasteiger partial charge in [-0.25, -0.2) is 0 Å². The van der Waals surface area contributed by atoms with Crippen molar-refractivity contribution in [3.05, 3.63) is 0 Å². The van der Waals surface area contributed by atoms with Crippen molar-refractivity contribution < 1.29 is 19.1 Å². The van der Waals surface area contributed by atoms with Gasteiger partial charge in [-0.3, -0.25) is 9.59 Å². The molecular formula is C7H14O4Si. The summed E-state index contributed by atoms with van der Waals surface area (Å²) in [7, 11) is -1.92. The Morgan fingerprint density at radius 1 is 1.42 bits per heavy atom. The van der Waals surface area contributed by atoms with Crippen LogP contribution < -0.4 is 0 Å². The highest BCUT2D eigenvalue weighted by atomic mass is 28.4. The molecule has 1 N–H and O–H groups in total. The molecule has 0 saturated heterocycles. The van der Waals surface area contributed by atoms with Crippen molar-refractivity contribution in [1.82, 2.24) is 0 Å². The summed E-state index contributed by atoms with van der Waals surface area (Å²) in [5, 5.41) is 8.27. The van der Waals surface area contributed by atoms with Crippen molar-refractivity contribution in [3.63, 3.8) is 0 Å². The molecule has 0 aromatic heterocycles. The van der Waals surface area contributed by atoms with Gasteiger partial charge in [0, 0.05) is 0 Å². The van der Waals surface area contributed by atoms with Crippen LogP contribution in [0, 0.1) is 0 Å². The van der Waals surface area contributed by atoms with Crippen LogP contribution in [0.5, 0.6) is 0 Å². The van der Waals surface area contributed by atoms with Crippen LogP contribution in [0.25, 0.3) is 0 Å². The predicted octanol–water partition coefficient (Wildman–Crippen LogP) is 1.23. The lowest BCUT2D eigenvalue weighted by molar-refractivity contribution is -0.146. The third-order valence-corrected chi connectivity index (χ3v) is 4.02. The molecule has 0 aliphatic rings. The predicted molar refractivity (Wildman–Crippen MR) is 46.3 cm³/mol. The van der Waals surface area contributed by atoms with E-state index in [2.05, 4.69) is 0 Å². The van der Waals surface area contributed by atoms with Crippen molar-refractivity contribution >= 4 is 20.3 Å². The fourth-order valence-electron chi connectivity index (χ4n) is 0.540. The van der Waals surface area contributed by atoms with E-state index in [0.717, 1.165) is 6.04 Å². The second-order valence-electron chi connectivity index (χ2n) is 3.16. The minimum atomic E-state index is -1.92. The second kappa shape index (κ2) is 4.25. The van der Waals surface area contributed by atoms with E-state index in [1.807, 2.05) is 20.0 Å². The van der Waals surface area contributed by atoms with Crippen LogP contribution in [-0.2, 0) is 14.0 Å². The van der Waals surface area contributed by atoms with Crippen LogP contribution in [-0.4, -0.2) is 25.4 Å². The zero-order valence-corrected chi connectivity index (χ0v) is 8.59. The first-order chi connectivity index (χ1) is 5.37. The monoisotopic (exact) mass is 190 g/mol. The van der Waals surface area contributed by atoms with Gasteiger partial charge >= 0.3 is 11.9 Å². The smallest absolute Gasteiger partial charge is 0.314 e. The fourth-order valence-corrected chi connectivity index (χ4v) is 1.37. The normalized spacial score (nSPS) is 10.9. The van der Waals surface area contributed by atoms with E-state index in [1.54, 1.807) is 0 Å². The molecular weight excluding hydrogens is 176 g/mol. The Balaban J connectivity index is 3.92. The number of carboxylic acids is 1. The molecule has 0 radical (unpaired) electrons. The van der Waals surface area contributed by atoms with Crippen LogP contribution in [0.3, 0.4) is 0 Å². The first kappa shape index (κ1) is 11.2. The summed E-state index contributed by atoms with van der Waals surface area (Å²) in [6, 6.07) is 0.804. The zero-order valence-electron chi connectivity index (χ0n) is 7.59. The molecule has 0 saturated carbocycles. The molecule has 12 heavy (non-hydrogen) atoms. The van der Waals surface area contributed by atoms with Gasteiger partial charge in [0.05, 0.1) is 0 Å². The first-order valence-corrected chi connectivity index (χ1v) is 6.92. The average molecular weight is 190 g/mol. The first-order valence-electron chi connectivity index (χ1n) is 3.81. The molecule has 0 atom stereocenters. The Morgan fingerprint density at radius 2 is 1.92 bits per heavy atom. The van der Waals surface area contributed by atoms with Crippen LogP contribution in [0.1, 0.15) is 13.3 Å². The number of rotatable bonds is 4. The molecule has 0 unspecified atom stereocenters. The van der Waals surface area contributed by atoms with Crippen molar-refractivity contribution in [1.29, 1.82) is 0 Å². The van der Waals surface area contributed by atoms with Crippen LogP contribution in [0.4, 0.5) is 0 Å². The fraction of sp³-hybridized carbons (Fsp3) is 0.714. The van der Waals surface area contributed by atoms with Crippen molar-refractivity contribution in [3.8, 4) is 0 Å². The minimum absolute atomic E-state index is 0.531. The van der Waals surface area contributed by atoms with E-state index in [9.17, 15) is 9.59 Å². The number of carbonyl (C=O) groups excluding carboxylic acids is 1. The molecule has 0 heterocycles. The summed E-state index contributed by atoms with van der Waals surface area (Å²) in [4.78, 5) is 21.0.